The average Bonchev–Trinajstić information content (AvgIpc) is 3.49. The summed E-state index contributed by atoms with van der Waals surface area (Å²) < 4.78 is 7.23. The highest BCUT2D eigenvalue weighted by Crippen LogP contribution is 2.39. The van der Waals surface area contributed by atoms with Crippen molar-refractivity contribution in [3.63, 3.8) is 0 Å². The van der Waals surface area contributed by atoms with Gasteiger partial charge in [0.2, 0.25) is 5.95 Å². The van der Waals surface area contributed by atoms with Crippen LogP contribution in [0.5, 0.6) is 0 Å². The van der Waals surface area contributed by atoms with Crippen LogP contribution in [0.1, 0.15) is 11.1 Å². The third-order valence-electron chi connectivity index (χ3n) is 5.59. The van der Waals surface area contributed by atoms with Gasteiger partial charge in [0.25, 0.3) is 0 Å². The van der Waals surface area contributed by atoms with E-state index in [0.29, 0.717) is 18.3 Å². The van der Waals surface area contributed by atoms with E-state index < -0.39 is 11.6 Å². The van der Waals surface area contributed by atoms with Crippen LogP contribution in [0.2, 0.25) is 0 Å². The highest BCUT2D eigenvalue weighted by Gasteiger charge is 2.48. The normalized spacial score (nSPS) is 17.6. The Morgan fingerprint density at radius 2 is 1.85 bits per heavy atom. The third-order valence-corrected chi connectivity index (χ3v) is 5.59. The molecule has 1 aliphatic heterocycles. The lowest BCUT2D eigenvalue weighted by Gasteiger charge is -2.32. The van der Waals surface area contributed by atoms with E-state index in [-0.39, 0.29) is 6.61 Å². The molecule has 0 radical (unpaired) electrons. The van der Waals surface area contributed by atoms with Gasteiger partial charge in [0.05, 0.1) is 11.9 Å². The highest BCUT2D eigenvalue weighted by molar-refractivity contribution is 5.91. The molecule has 4 aromatic rings. The Morgan fingerprint density at radius 3 is 2.61 bits per heavy atom. The van der Waals surface area contributed by atoms with Gasteiger partial charge in [-0.2, -0.15) is 10.1 Å². The molecule has 1 N–H and O–H groups in total. The summed E-state index contributed by atoms with van der Waals surface area (Å²) in [4.78, 5) is 23.1. The molecule has 3 heterocycles. The van der Waals surface area contributed by atoms with Crippen molar-refractivity contribution >= 4 is 17.9 Å². The smallest absolute Gasteiger partial charge is 0.416 e. The first-order valence-corrected chi connectivity index (χ1v) is 10.5. The minimum atomic E-state index is -0.846. The minimum Gasteiger partial charge on any atom is -0.446 e. The second-order valence-electron chi connectivity index (χ2n) is 7.61. The zero-order chi connectivity index (χ0) is 22.7. The van der Waals surface area contributed by atoms with E-state index in [1.807, 2.05) is 71.5 Å². The molecule has 1 fully saturated rings. The van der Waals surface area contributed by atoms with Gasteiger partial charge >= 0.3 is 6.09 Å². The van der Waals surface area contributed by atoms with Crippen molar-refractivity contribution in [1.29, 1.82) is 0 Å². The summed E-state index contributed by atoms with van der Waals surface area (Å²) in [7, 11) is 0. The Bertz CT molecular complexity index is 1270. The van der Waals surface area contributed by atoms with E-state index in [0.717, 1.165) is 16.8 Å². The molecule has 2 aromatic carbocycles. The average molecular weight is 438 g/mol. The first-order chi connectivity index (χ1) is 16.2. The predicted octanol–water partition coefficient (Wildman–Crippen LogP) is 4.31. The lowest BCUT2D eigenvalue weighted by Crippen LogP contribution is -2.43. The van der Waals surface area contributed by atoms with Crippen LogP contribution < -0.4 is 10.2 Å². The van der Waals surface area contributed by atoms with E-state index in [2.05, 4.69) is 27.0 Å². The molecule has 1 aliphatic rings. The van der Waals surface area contributed by atoms with Crippen molar-refractivity contribution in [2.24, 2.45) is 0 Å². The van der Waals surface area contributed by atoms with Crippen molar-refractivity contribution in [1.82, 2.24) is 19.7 Å². The number of nitrogens with zero attached hydrogens (tertiary/aromatic N) is 5. The lowest BCUT2D eigenvalue weighted by atomic mass is 9.90. The number of carbonyl (C=O) groups is 1. The van der Waals surface area contributed by atoms with Gasteiger partial charge in [-0.25, -0.2) is 19.4 Å². The molecular formula is C25H22N6O2. The number of carbonyl (C=O) groups excluding carboxylic acids is 1. The molecule has 2 aromatic heterocycles. The molecule has 8 nitrogen and oxygen atoms in total. The number of hydrogen-bond donors (Lipinski definition) is 1. The summed E-state index contributed by atoms with van der Waals surface area (Å²) in [6.45, 7) is 4.62. The standard InChI is InChI=1S/C25H22N6O2/c1-2-25(20-9-5-3-6-10-20)18-33-24(32)31(25)22-13-14-26-23(29-22)27-15-19-16-28-30(17-19)21-11-7-4-8-12-21/h2-14,16-17H,1,15,18H2,(H,26,27,29). The maximum Gasteiger partial charge on any atom is 0.416 e. The molecule has 164 valence electrons. The number of nitrogens with one attached hydrogen (secondary N) is 1. The van der Waals surface area contributed by atoms with Crippen LogP contribution in [0.4, 0.5) is 16.6 Å². The fourth-order valence-electron chi connectivity index (χ4n) is 3.88. The number of amides is 1. The van der Waals surface area contributed by atoms with Crippen LogP contribution in [-0.2, 0) is 16.8 Å². The summed E-state index contributed by atoms with van der Waals surface area (Å²) >= 11 is 0. The molecule has 1 saturated heterocycles. The molecule has 33 heavy (non-hydrogen) atoms. The number of aromatic nitrogens is 4. The van der Waals surface area contributed by atoms with Crippen molar-refractivity contribution in [3.05, 3.63) is 109 Å². The lowest BCUT2D eigenvalue weighted by molar-refractivity contribution is 0.176. The highest BCUT2D eigenvalue weighted by atomic mass is 16.6. The van der Waals surface area contributed by atoms with Crippen LogP contribution in [0.25, 0.3) is 5.69 Å². The fourth-order valence-corrected chi connectivity index (χ4v) is 3.88. The SMILES string of the molecule is C=CC1(c2ccccc2)COC(=O)N1c1ccnc(NCc2cnn(-c3ccccc3)c2)n1. The van der Waals surface area contributed by atoms with Crippen LogP contribution in [-0.4, -0.2) is 32.4 Å². The van der Waals surface area contributed by atoms with Gasteiger partial charge in [-0.3, -0.25) is 0 Å². The van der Waals surface area contributed by atoms with Crippen LogP contribution in [0.3, 0.4) is 0 Å². The summed E-state index contributed by atoms with van der Waals surface area (Å²) in [5.74, 6) is 0.824. The number of rotatable bonds is 7. The molecule has 0 bridgehead atoms. The Hall–Kier alpha value is -4.46. The molecule has 0 aliphatic carbocycles. The van der Waals surface area contributed by atoms with Crippen molar-refractivity contribution in [3.8, 4) is 5.69 Å². The summed E-state index contributed by atoms with van der Waals surface area (Å²) in [6.07, 6.45) is 6.60. The minimum absolute atomic E-state index is 0.158. The Balaban J connectivity index is 1.37. The first-order valence-electron chi connectivity index (χ1n) is 10.5. The van der Waals surface area contributed by atoms with Gasteiger partial charge in [-0.05, 0) is 23.8 Å². The van der Waals surface area contributed by atoms with Gasteiger partial charge in [-0.1, -0.05) is 54.6 Å². The molecular weight excluding hydrogens is 416 g/mol. The first kappa shape index (κ1) is 20.4. The molecule has 1 atom stereocenters. The largest absolute Gasteiger partial charge is 0.446 e. The Morgan fingerprint density at radius 1 is 1.09 bits per heavy atom. The second-order valence-corrected chi connectivity index (χ2v) is 7.61. The van der Waals surface area contributed by atoms with Crippen LogP contribution in [0, 0.1) is 0 Å². The van der Waals surface area contributed by atoms with Gasteiger partial charge in [-0.15, -0.1) is 6.58 Å². The van der Waals surface area contributed by atoms with Crippen LogP contribution in [0.15, 0.2) is 98.0 Å². The van der Waals surface area contributed by atoms with Crippen molar-refractivity contribution in [2.75, 3.05) is 16.8 Å². The van der Waals surface area contributed by atoms with Gasteiger partial charge in [0.15, 0.2) is 0 Å². The molecule has 1 unspecified atom stereocenters. The number of ether oxygens (including phenoxy) is 1. The molecule has 1 amide bonds. The number of cyclic esters (lactones) is 1. The van der Waals surface area contributed by atoms with Crippen LogP contribution >= 0.6 is 0 Å². The third kappa shape index (κ3) is 3.82. The van der Waals surface area contributed by atoms with Crippen molar-refractivity contribution < 1.29 is 9.53 Å². The van der Waals surface area contributed by atoms with E-state index in [1.54, 1.807) is 24.5 Å². The summed E-state index contributed by atoms with van der Waals surface area (Å²) in [5.41, 5.74) is 2.00. The van der Waals surface area contributed by atoms with E-state index >= 15 is 0 Å². The number of hydrogen-bond acceptors (Lipinski definition) is 6. The van der Waals surface area contributed by atoms with E-state index in [4.69, 9.17) is 4.74 Å². The summed E-state index contributed by atoms with van der Waals surface area (Å²) in [5, 5.41) is 7.62. The quantitative estimate of drug-likeness (QED) is 0.433. The number of para-hydroxylation sites is 1. The fraction of sp³-hybridized carbons (Fsp3) is 0.120. The maximum absolute atomic E-state index is 12.7. The van der Waals surface area contributed by atoms with Crippen molar-refractivity contribution in [2.45, 2.75) is 12.1 Å². The van der Waals surface area contributed by atoms with E-state index in [1.165, 1.54) is 4.90 Å². The zero-order valence-corrected chi connectivity index (χ0v) is 17.8. The molecule has 0 saturated carbocycles. The maximum atomic E-state index is 12.7. The second kappa shape index (κ2) is 8.58. The number of benzene rings is 2. The zero-order valence-electron chi connectivity index (χ0n) is 17.8. The Kier molecular flexibility index (Phi) is 5.32. The Labute approximate surface area is 191 Å². The molecule has 5 rings (SSSR count). The predicted molar refractivity (Wildman–Crippen MR) is 125 cm³/mol. The van der Waals surface area contributed by atoms with E-state index in [9.17, 15) is 4.79 Å². The van der Waals surface area contributed by atoms with Gasteiger partial charge in [0, 0.05) is 24.5 Å². The van der Waals surface area contributed by atoms with Gasteiger partial charge in [0.1, 0.15) is 18.0 Å². The monoisotopic (exact) mass is 438 g/mol. The van der Waals surface area contributed by atoms with Gasteiger partial charge < -0.3 is 10.1 Å². The molecule has 0 spiro atoms. The topological polar surface area (TPSA) is 85.2 Å². The number of anilines is 2. The summed E-state index contributed by atoms with van der Waals surface area (Å²) in [6, 6.07) is 21.2. The molecule has 8 heteroatoms.